The van der Waals surface area contributed by atoms with Crippen LogP contribution >= 0.6 is 24.0 Å². The molecule has 120 valence electrons. The lowest BCUT2D eigenvalue weighted by Gasteiger charge is -2.17. The number of aromatic nitrogens is 1. The van der Waals surface area contributed by atoms with Crippen LogP contribution in [-0.2, 0) is 11.8 Å². The number of hydrogen-bond donors (Lipinski definition) is 0. The van der Waals surface area contributed by atoms with Gasteiger partial charge in [0.05, 0.1) is 4.91 Å². The first-order valence-electron chi connectivity index (χ1n) is 7.41. The molecule has 0 bridgehead atoms. The summed E-state index contributed by atoms with van der Waals surface area (Å²) in [7, 11) is 6.00. The van der Waals surface area contributed by atoms with Crippen LogP contribution in [0, 0.1) is 0 Å². The van der Waals surface area contributed by atoms with Crippen molar-refractivity contribution in [2.45, 2.75) is 0 Å². The highest BCUT2D eigenvalue weighted by Gasteiger charge is 2.31. The summed E-state index contributed by atoms with van der Waals surface area (Å²) < 4.78 is 2.72. The van der Waals surface area contributed by atoms with E-state index in [4.69, 9.17) is 12.2 Å². The van der Waals surface area contributed by atoms with Crippen LogP contribution in [0.2, 0.25) is 0 Å². The molecule has 23 heavy (non-hydrogen) atoms. The van der Waals surface area contributed by atoms with E-state index in [2.05, 4.69) is 22.9 Å². The zero-order valence-electron chi connectivity index (χ0n) is 13.4. The SMILES string of the molecule is CN(C)CCN1C(=O)/C(=C/c2cn(C)c3ccccc23)SC1=S. The molecule has 6 heteroatoms. The fourth-order valence-corrected chi connectivity index (χ4v) is 3.92. The molecular formula is C17H19N3OS2. The zero-order chi connectivity index (χ0) is 16.6. The summed E-state index contributed by atoms with van der Waals surface area (Å²) in [5.74, 6) is 0.00906. The molecule has 0 spiro atoms. The predicted molar refractivity (Wildman–Crippen MR) is 101 cm³/mol. The van der Waals surface area contributed by atoms with E-state index in [0.29, 0.717) is 15.8 Å². The molecular weight excluding hydrogens is 326 g/mol. The summed E-state index contributed by atoms with van der Waals surface area (Å²) >= 11 is 6.75. The number of hydrogen-bond acceptors (Lipinski definition) is 4. The van der Waals surface area contributed by atoms with Crippen LogP contribution in [-0.4, -0.2) is 51.8 Å². The Kier molecular flexibility index (Phi) is 4.57. The first-order chi connectivity index (χ1) is 11.0. The van der Waals surface area contributed by atoms with E-state index < -0.39 is 0 Å². The highest BCUT2D eigenvalue weighted by molar-refractivity contribution is 8.26. The van der Waals surface area contributed by atoms with E-state index in [1.807, 2.05) is 44.3 Å². The van der Waals surface area contributed by atoms with Crippen molar-refractivity contribution < 1.29 is 4.79 Å². The lowest BCUT2D eigenvalue weighted by atomic mass is 10.1. The number of nitrogens with zero attached hydrogens (tertiary/aromatic N) is 3. The van der Waals surface area contributed by atoms with E-state index >= 15 is 0 Å². The van der Waals surface area contributed by atoms with Crippen LogP contribution in [0.3, 0.4) is 0 Å². The van der Waals surface area contributed by atoms with Crippen molar-refractivity contribution >= 4 is 51.2 Å². The topological polar surface area (TPSA) is 28.5 Å². The average molecular weight is 345 g/mol. The number of para-hydroxylation sites is 1. The summed E-state index contributed by atoms with van der Waals surface area (Å²) in [6, 6.07) is 8.19. The summed E-state index contributed by atoms with van der Waals surface area (Å²) in [4.78, 5) is 17.0. The number of rotatable bonds is 4. The van der Waals surface area contributed by atoms with Crippen molar-refractivity contribution in [3.63, 3.8) is 0 Å². The third-order valence-electron chi connectivity index (χ3n) is 3.86. The quantitative estimate of drug-likeness (QED) is 0.629. The molecule has 1 fully saturated rings. The molecule has 4 nitrogen and oxygen atoms in total. The fraction of sp³-hybridized carbons (Fsp3) is 0.294. The maximum absolute atomic E-state index is 12.6. The van der Waals surface area contributed by atoms with Gasteiger partial charge in [0, 0.05) is 42.8 Å². The largest absolute Gasteiger partial charge is 0.350 e. The molecule has 2 aromatic rings. The van der Waals surface area contributed by atoms with Gasteiger partial charge in [-0.05, 0) is 26.2 Å². The molecule has 1 aromatic heterocycles. The molecule has 0 saturated carbocycles. The van der Waals surface area contributed by atoms with Gasteiger partial charge in [-0.2, -0.15) is 0 Å². The van der Waals surface area contributed by atoms with E-state index in [9.17, 15) is 4.79 Å². The van der Waals surface area contributed by atoms with Crippen LogP contribution < -0.4 is 0 Å². The van der Waals surface area contributed by atoms with Crippen molar-refractivity contribution in [1.82, 2.24) is 14.4 Å². The number of aryl methyl sites for hydroxylation is 1. The van der Waals surface area contributed by atoms with Crippen LogP contribution in [0.15, 0.2) is 35.4 Å². The number of thiocarbonyl (C=S) groups is 1. The highest BCUT2D eigenvalue weighted by Crippen LogP contribution is 2.34. The molecule has 0 aliphatic carbocycles. The molecule has 0 unspecified atom stereocenters. The van der Waals surface area contributed by atoms with Crippen molar-refractivity contribution in [2.75, 3.05) is 27.2 Å². The zero-order valence-corrected chi connectivity index (χ0v) is 15.1. The first-order valence-corrected chi connectivity index (χ1v) is 8.64. The van der Waals surface area contributed by atoms with E-state index in [-0.39, 0.29) is 5.91 Å². The summed E-state index contributed by atoms with van der Waals surface area (Å²) in [6.45, 7) is 1.43. The van der Waals surface area contributed by atoms with Crippen LogP contribution in [0.25, 0.3) is 17.0 Å². The van der Waals surface area contributed by atoms with E-state index in [1.165, 1.54) is 11.8 Å². The summed E-state index contributed by atoms with van der Waals surface area (Å²) in [5.41, 5.74) is 2.21. The predicted octanol–water partition coefficient (Wildman–Crippen LogP) is 2.94. The second-order valence-corrected chi connectivity index (χ2v) is 7.52. The van der Waals surface area contributed by atoms with Crippen LogP contribution in [0.5, 0.6) is 0 Å². The van der Waals surface area contributed by atoms with Crippen molar-refractivity contribution in [1.29, 1.82) is 0 Å². The van der Waals surface area contributed by atoms with Gasteiger partial charge in [-0.1, -0.05) is 42.2 Å². The maximum atomic E-state index is 12.6. The molecule has 1 aromatic carbocycles. The first kappa shape index (κ1) is 16.2. The monoisotopic (exact) mass is 345 g/mol. The lowest BCUT2D eigenvalue weighted by Crippen LogP contribution is -2.34. The molecule has 1 amide bonds. The minimum atomic E-state index is 0.00906. The Morgan fingerprint density at radius 1 is 1.30 bits per heavy atom. The smallest absolute Gasteiger partial charge is 0.266 e. The molecule has 0 radical (unpaired) electrons. The van der Waals surface area contributed by atoms with Gasteiger partial charge < -0.3 is 9.47 Å². The van der Waals surface area contributed by atoms with Gasteiger partial charge in [0.25, 0.3) is 5.91 Å². The van der Waals surface area contributed by atoms with E-state index in [0.717, 1.165) is 23.0 Å². The van der Waals surface area contributed by atoms with Gasteiger partial charge in [0.15, 0.2) is 0 Å². The Morgan fingerprint density at radius 3 is 2.78 bits per heavy atom. The third-order valence-corrected chi connectivity index (χ3v) is 5.24. The molecule has 2 heterocycles. The second kappa shape index (κ2) is 6.47. The molecule has 3 rings (SSSR count). The molecule has 0 N–H and O–H groups in total. The summed E-state index contributed by atoms with van der Waals surface area (Å²) in [6.07, 6.45) is 4.01. The molecule has 0 atom stereocenters. The van der Waals surface area contributed by atoms with Crippen molar-refractivity contribution in [2.24, 2.45) is 7.05 Å². The van der Waals surface area contributed by atoms with Crippen LogP contribution in [0.1, 0.15) is 5.56 Å². The van der Waals surface area contributed by atoms with Gasteiger partial charge in [0.1, 0.15) is 4.32 Å². The molecule has 1 aliphatic rings. The number of amides is 1. The standard InChI is InChI=1S/C17H19N3OS2/c1-18(2)8-9-20-16(21)15(23-17(20)22)10-12-11-19(3)14-7-5-4-6-13(12)14/h4-7,10-11H,8-9H2,1-3H3/b15-10-. The number of benzene rings is 1. The molecule has 1 saturated heterocycles. The Morgan fingerprint density at radius 2 is 2.04 bits per heavy atom. The number of carbonyl (C=O) groups excluding carboxylic acids is 1. The van der Waals surface area contributed by atoms with E-state index in [1.54, 1.807) is 4.90 Å². The van der Waals surface area contributed by atoms with Crippen molar-refractivity contribution in [3.8, 4) is 0 Å². The Labute approximate surface area is 145 Å². The minimum Gasteiger partial charge on any atom is -0.350 e. The maximum Gasteiger partial charge on any atom is 0.266 e. The Hall–Kier alpha value is -1.63. The number of fused-ring (bicyclic) bond motifs is 1. The number of thioether (sulfide) groups is 1. The van der Waals surface area contributed by atoms with Crippen molar-refractivity contribution in [3.05, 3.63) is 40.9 Å². The van der Waals surface area contributed by atoms with Crippen LogP contribution in [0.4, 0.5) is 0 Å². The third kappa shape index (κ3) is 3.20. The second-order valence-electron chi connectivity index (χ2n) is 5.85. The normalized spacial score (nSPS) is 17.2. The lowest BCUT2D eigenvalue weighted by molar-refractivity contribution is -0.122. The van der Waals surface area contributed by atoms with Gasteiger partial charge in [0.2, 0.25) is 0 Å². The summed E-state index contributed by atoms with van der Waals surface area (Å²) in [5, 5.41) is 1.15. The number of likely N-dealkylation sites (N-methyl/N-ethyl adjacent to an activating group) is 1. The average Bonchev–Trinajstić information content (AvgIpc) is 2.96. The fourth-order valence-electron chi connectivity index (χ4n) is 2.62. The Balaban J connectivity index is 1.90. The van der Waals surface area contributed by atoms with Gasteiger partial charge in [-0.3, -0.25) is 9.69 Å². The molecule has 1 aliphatic heterocycles. The van der Waals surface area contributed by atoms with Gasteiger partial charge in [-0.25, -0.2) is 0 Å². The minimum absolute atomic E-state index is 0.00906. The Bertz CT molecular complexity index is 807. The van der Waals surface area contributed by atoms with Gasteiger partial charge >= 0.3 is 0 Å². The highest BCUT2D eigenvalue weighted by atomic mass is 32.2. The number of carbonyl (C=O) groups is 1. The van der Waals surface area contributed by atoms with Gasteiger partial charge in [-0.15, -0.1) is 0 Å².